The molecule has 0 aromatic heterocycles. The first-order valence-electron chi connectivity index (χ1n) is 5.58. The normalized spacial score (nSPS) is 13.4. The van der Waals surface area contributed by atoms with E-state index in [-0.39, 0.29) is 5.84 Å². The number of oxime groups is 1. The van der Waals surface area contributed by atoms with Crippen molar-refractivity contribution >= 4 is 5.84 Å². The van der Waals surface area contributed by atoms with Gasteiger partial charge in [-0.25, -0.2) is 0 Å². The zero-order chi connectivity index (χ0) is 12.7. The minimum Gasteiger partial charge on any atom is -0.409 e. The smallest absolute Gasteiger partial charge is 0.170 e. The first kappa shape index (κ1) is 13.3. The van der Waals surface area contributed by atoms with E-state index in [0.717, 1.165) is 24.1 Å². The molecular formula is C13H19N3O. The summed E-state index contributed by atoms with van der Waals surface area (Å²) in [6.07, 6.45) is 2.85. The van der Waals surface area contributed by atoms with E-state index in [9.17, 15) is 0 Å². The topological polar surface area (TPSA) is 70.6 Å². The molecule has 1 unspecified atom stereocenters. The highest BCUT2D eigenvalue weighted by Crippen LogP contribution is 2.05. The lowest BCUT2D eigenvalue weighted by molar-refractivity contribution is 0.318. The lowest BCUT2D eigenvalue weighted by Crippen LogP contribution is -2.24. The van der Waals surface area contributed by atoms with Gasteiger partial charge in [-0.15, -0.1) is 6.58 Å². The Labute approximate surface area is 102 Å². The largest absolute Gasteiger partial charge is 0.409 e. The lowest BCUT2D eigenvalue weighted by Gasteiger charge is -2.11. The summed E-state index contributed by atoms with van der Waals surface area (Å²) in [7, 11) is 0. The summed E-state index contributed by atoms with van der Waals surface area (Å²) in [5.74, 6) is 0.129. The van der Waals surface area contributed by atoms with Crippen molar-refractivity contribution in [3.8, 4) is 0 Å². The molecule has 0 aliphatic heterocycles. The minimum atomic E-state index is 0.129. The monoisotopic (exact) mass is 233 g/mol. The highest BCUT2D eigenvalue weighted by Gasteiger charge is 2.01. The second-order valence-electron chi connectivity index (χ2n) is 3.99. The van der Waals surface area contributed by atoms with Crippen molar-refractivity contribution in [2.24, 2.45) is 10.9 Å². The number of amidine groups is 1. The molecule has 0 aliphatic rings. The molecule has 0 saturated carbocycles. The summed E-state index contributed by atoms with van der Waals surface area (Å²) in [5, 5.41) is 14.9. The van der Waals surface area contributed by atoms with E-state index in [2.05, 4.69) is 24.0 Å². The number of rotatable bonds is 6. The number of benzene rings is 1. The molecule has 0 radical (unpaired) electrons. The zero-order valence-corrected chi connectivity index (χ0v) is 10.1. The molecule has 17 heavy (non-hydrogen) atoms. The van der Waals surface area contributed by atoms with E-state index in [1.165, 1.54) is 0 Å². The van der Waals surface area contributed by atoms with Gasteiger partial charge in [-0.05, 0) is 18.9 Å². The van der Waals surface area contributed by atoms with Crippen LogP contribution in [0.1, 0.15) is 24.5 Å². The van der Waals surface area contributed by atoms with E-state index in [1.54, 1.807) is 0 Å². The van der Waals surface area contributed by atoms with Gasteiger partial charge in [0.15, 0.2) is 5.84 Å². The fourth-order valence-electron chi connectivity index (χ4n) is 1.48. The van der Waals surface area contributed by atoms with E-state index in [0.29, 0.717) is 6.04 Å². The minimum absolute atomic E-state index is 0.129. The van der Waals surface area contributed by atoms with Crippen LogP contribution < -0.4 is 11.1 Å². The van der Waals surface area contributed by atoms with Crippen molar-refractivity contribution in [3.05, 3.63) is 48.0 Å². The molecule has 0 saturated heterocycles. The van der Waals surface area contributed by atoms with Crippen molar-refractivity contribution < 1.29 is 5.21 Å². The maximum atomic E-state index is 8.53. The van der Waals surface area contributed by atoms with E-state index in [1.807, 2.05) is 30.3 Å². The Bertz CT molecular complexity index is 384. The predicted molar refractivity (Wildman–Crippen MR) is 70.1 cm³/mol. The molecule has 4 N–H and O–H groups in total. The van der Waals surface area contributed by atoms with Crippen LogP contribution in [0.15, 0.2) is 42.1 Å². The molecule has 4 heteroatoms. The van der Waals surface area contributed by atoms with Crippen LogP contribution in [0.2, 0.25) is 0 Å². The maximum Gasteiger partial charge on any atom is 0.170 e. The van der Waals surface area contributed by atoms with Gasteiger partial charge < -0.3 is 16.3 Å². The number of nitrogens with two attached hydrogens (primary N) is 1. The Morgan fingerprint density at radius 2 is 2.18 bits per heavy atom. The van der Waals surface area contributed by atoms with Crippen molar-refractivity contribution in [1.29, 1.82) is 0 Å². The average Bonchev–Trinajstić information content (AvgIpc) is 2.36. The fourth-order valence-corrected chi connectivity index (χ4v) is 1.48. The third-order valence-electron chi connectivity index (χ3n) is 2.53. The molecule has 92 valence electrons. The lowest BCUT2D eigenvalue weighted by atomic mass is 10.1. The highest BCUT2D eigenvalue weighted by atomic mass is 16.4. The van der Waals surface area contributed by atoms with Crippen LogP contribution in [-0.4, -0.2) is 17.1 Å². The average molecular weight is 233 g/mol. The van der Waals surface area contributed by atoms with Crippen LogP contribution in [0.5, 0.6) is 0 Å². The van der Waals surface area contributed by atoms with Crippen LogP contribution in [-0.2, 0) is 6.54 Å². The SMILES string of the molecule is C=CCC(C)NCc1ccc(/C(N)=N/O)cc1. The molecule has 0 fully saturated rings. The summed E-state index contributed by atoms with van der Waals surface area (Å²) in [4.78, 5) is 0. The second-order valence-corrected chi connectivity index (χ2v) is 3.99. The van der Waals surface area contributed by atoms with Gasteiger partial charge >= 0.3 is 0 Å². The molecule has 1 atom stereocenters. The molecule has 1 rings (SSSR count). The Kier molecular flexibility index (Phi) is 5.23. The number of hydrogen-bond donors (Lipinski definition) is 3. The first-order chi connectivity index (χ1) is 8.17. The molecule has 4 nitrogen and oxygen atoms in total. The van der Waals surface area contributed by atoms with E-state index < -0.39 is 0 Å². The van der Waals surface area contributed by atoms with Gasteiger partial charge in [-0.2, -0.15) is 0 Å². The summed E-state index contributed by atoms with van der Waals surface area (Å²) < 4.78 is 0. The quantitative estimate of drug-likeness (QED) is 0.231. The Hall–Kier alpha value is -1.81. The van der Waals surface area contributed by atoms with Crippen LogP contribution in [0.25, 0.3) is 0 Å². The molecule has 1 aromatic carbocycles. The Morgan fingerprint density at radius 3 is 2.71 bits per heavy atom. The van der Waals surface area contributed by atoms with Gasteiger partial charge in [0.1, 0.15) is 0 Å². The predicted octanol–water partition coefficient (Wildman–Crippen LogP) is 1.84. The number of nitrogens with zero attached hydrogens (tertiary/aromatic N) is 1. The molecule has 0 aliphatic carbocycles. The zero-order valence-electron chi connectivity index (χ0n) is 10.1. The van der Waals surface area contributed by atoms with Crippen LogP contribution >= 0.6 is 0 Å². The summed E-state index contributed by atoms with van der Waals surface area (Å²) >= 11 is 0. The summed E-state index contributed by atoms with van der Waals surface area (Å²) in [6, 6.07) is 8.01. The van der Waals surface area contributed by atoms with Gasteiger partial charge in [0.25, 0.3) is 0 Å². The van der Waals surface area contributed by atoms with Crippen molar-refractivity contribution in [2.75, 3.05) is 0 Å². The summed E-state index contributed by atoms with van der Waals surface area (Å²) in [6.45, 7) is 6.62. The molecule has 0 bridgehead atoms. The van der Waals surface area contributed by atoms with Gasteiger partial charge in [0.05, 0.1) is 0 Å². The van der Waals surface area contributed by atoms with Crippen LogP contribution in [0, 0.1) is 0 Å². The molecule has 0 heterocycles. The van der Waals surface area contributed by atoms with Crippen molar-refractivity contribution in [2.45, 2.75) is 25.9 Å². The van der Waals surface area contributed by atoms with Crippen LogP contribution in [0.4, 0.5) is 0 Å². The number of hydrogen-bond acceptors (Lipinski definition) is 3. The van der Waals surface area contributed by atoms with E-state index in [4.69, 9.17) is 10.9 Å². The maximum absolute atomic E-state index is 8.53. The second kappa shape index (κ2) is 6.70. The Balaban J connectivity index is 2.54. The first-order valence-corrected chi connectivity index (χ1v) is 5.58. The standard InChI is InChI=1S/C13H19N3O/c1-3-4-10(2)15-9-11-5-7-12(8-6-11)13(14)16-17/h3,5-8,10,15,17H,1,4,9H2,2H3,(H2,14,16). The van der Waals surface area contributed by atoms with E-state index >= 15 is 0 Å². The third kappa shape index (κ3) is 4.28. The highest BCUT2D eigenvalue weighted by molar-refractivity contribution is 5.96. The number of nitrogens with one attached hydrogen (secondary N) is 1. The van der Waals surface area contributed by atoms with Crippen molar-refractivity contribution in [3.63, 3.8) is 0 Å². The van der Waals surface area contributed by atoms with Gasteiger partial charge in [-0.1, -0.05) is 35.5 Å². The molecule has 0 amide bonds. The van der Waals surface area contributed by atoms with Gasteiger partial charge in [0.2, 0.25) is 0 Å². The molecule has 1 aromatic rings. The fraction of sp³-hybridized carbons (Fsp3) is 0.308. The van der Waals surface area contributed by atoms with Crippen LogP contribution in [0.3, 0.4) is 0 Å². The van der Waals surface area contributed by atoms with Gasteiger partial charge in [-0.3, -0.25) is 0 Å². The van der Waals surface area contributed by atoms with Gasteiger partial charge in [0, 0.05) is 18.2 Å². The summed E-state index contributed by atoms with van der Waals surface area (Å²) in [5.41, 5.74) is 7.36. The molecular weight excluding hydrogens is 214 g/mol. The molecule has 0 spiro atoms. The Morgan fingerprint density at radius 1 is 1.53 bits per heavy atom. The third-order valence-corrected chi connectivity index (χ3v) is 2.53. The van der Waals surface area contributed by atoms with Crippen molar-refractivity contribution in [1.82, 2.24) is 5.32 Å².